The number of amidine groups is 1. The Kier molecular flexibility index (Phi) is 12.8. The minimum Gasteiger partial charge on any atom is -0.387 e. The van der Waals surface area contributed by atoms with Crippen LogP contribution >= 0.6 is 0 Å². The van der Waals surface area contributed by atoms with Gasteiger partial charge in [0, 0.05) is 52.7 Å². The number of hydrogen-bond acceptors (Lipinski definition) is 5. The fourth-order valence-electron chi connectivity index (χ4n) is 1.34. The third kappa shape index (κ3) is 13.2. The zero-order chi connectivity index (χ0) is 12.8. The molecule has 0 saturated carbocycles. The predicted molar refractivity (Wildman–Crippen MR) is 74.4 cm³/mol. The van der Waals surface area contributed by atoms with Crippen molar-refractivity contribution in [3.8, 4) is 0 Å². The average Bonchev–Trinajstić information content (AvgIpc) is 2.35. The molecule has 0 aliphatic carbocycles. The molecule has 0 bridgehead atoms. The largest absolute Gasteiger partial charge is 0.387 e. The van der Waals surface area contributed by atoms with E-state index in [1.54, 1.807) is 7.05 Å². The summed E-state index contributed by atoms with van der Waals surface area (Å²) in [7, 11) is 1.73. The summed E-state index contributed by atoms with van der Waals surface area (Å²) in [4.78, 5) is 3.91. The van der Waals surface area contributed by atoms with E-state index in [0.717, 1.165) is 57.9 Å². The molecule has 0 rings (SSSR count). The molecule has 6 heteroatoms. The molecule has 0 spiro atoms. The van der Waals surface area contributed by atoms with E-state index in [0.29, 0.717) is 6.54 Å². The first-order chi connectivity index (χ1) is 8.31. The monoisotopic (exact) mass is 244 g/mol. The van der Waals surface area contributed by atoms with Gasteiger partial charge in [0.1, 0.15) is 0 Å². The fraction of sp³-hybridized carbons (Fsp3) is 0.909. The summed E-state index contributed by atoms with van der Waals surface area (Å²) in [5, 5.41) is 9.92. The summed E-state index contributed by atoms with van der Waals surface area (Å²) in [5.41, 5.74) is 10.9. The molecular formula is C11H28N6. The van der Waals surface area contributed by atoms with Crippen LogP contribution in [0.15, 0.2) is 4.99 Å². The Bertz CT molecular complexity index is 183. The first-order valence-corrected chi connectivity index (χ1v) is 6.34. The van der Waals surface area contributed by atoms with Gasteiger partial charge in [-0.2, -0.15) is 0 Å². The maximum Gasteiger partial charge on any atom is 0.0934 e. The van der Waals surface area contributed by atoms with Gasteiger partial charge in [-0.25, -0.2) is 0 Å². The summed E-state index contributed by atoms with van der Waals surface area (Å²) in [5.74, 6) is 0.732. The van der Waals surface area contributed by atoms with Gasteiger partial charge < -0.3 is 27.4 Å². The van der Waals surface area contributed by atoms with Crippen molar-refractivity contribution in [3.05, 3.63) is 0 Å². The highest BCUT2D eigenvalue weighted by Gasteiger charge is 1.92. The number of nitrogens with one attached hydrogen (secondary N) is 3. The van der Waals surface area contributed by atoms with E-state index >= 15 is 0 Å². The Morgan fingerprint density at radius 3 is 2.00 bits per heavy atom. The van der Waals surface area contributed by atoms with Gasteiger partial charge in [-0.3, -0.25) is 4.99 Å². The van der Waals surface area contributed by atoms with Gasteiger partial charge >= 0.3 is 0 Å². The first-order valence-electron chi connectivity index (χ1n) is 6.34. The Hall–Kier alpha value is -0.690. The molecule has 0 amide bonds. The van der Waals surface area contributed by atoms with Crippen LogP contribution < -0.4 is 27.4 Å². The smallest absolute Gasteiger partial charge is 0.0934 e. The van der Waals surface area contributed by atoms with Gasteiger partial charge in [0.15, 0.2) is 0 Å². The molecule has 6 nitrogen and oxygen atoms in total. The molecular weight excluding hydrogens is 216 g/mol. The molecule has 102 valence electrons. The second-order valence-corrected chi connectivity index (χ2v) is 3.86. The van der Waals surface area contributed by atoms with Crippen molar-refractivity contribution in [2.45, 2.75) is 12.8 Å². The lowest BCUT2D eigenvalue weighted by molar-refractivity contribution is 0.578. The fourth-order valence-corrected chi connectivity index (χ4v) is 1.34. The van der Waals surface area contributed by atoms with Gasteiger partial charge in [-0.05, 0) is 13.0 Å². The highest BCUT2D eigenvalue weighted by molar-refractivity contribution is 5.79. The molecule has 0 radical (unpaired) electrons. The highest BCUT2D eigenvalue weighted by Crippen LogP contribution is 1.85. The first kappa shape index (κ1) is 16.3. The lowest BCUT2D eigenvalue weighted by Gasteiger charge is -2.07. The number of aliphatic imine (C=N–C) groups is 1. The Morgan fingerprint density at radius 1 is 0.941 bits per heavy atom. The molecule has 0 unspecified atom stereocenters. The molecule has 0 fully saturated rings. The van der Waals surface area contributed by atoms with Crippen LogP contribution in [0.1, 0.15) is 12.8 Å². The molecule has 0 aliphatic rings. The van der Waals surface area contributed by atoms with Gasteiger partial charge in [-0.1, -0.05) is 0 Å². The number of nitrogens with zero attached hydrogens (tertiary/aromatic N) is 1. The summed E-state index contributed by atoms with van der Waals surface area (Å²) in [6.45, 7) is 6.51. The topological polar surface area (TPSA) is 100 Å². The predicted octanol–water partition coefficient (Wildman–Crippen LogP) is -1.52. The van der Waals surface area contributed by atoms with Crippen molar-refractivity contribution in [3.63, 3.8) is 0 Å². The number of hydrogen-bond donors (Lipinski definition) is 5. The van der Waals surface area contributed by atoms with Gasteiger partial charge in [0.2, 0.25) is 0 Å². The Labute approximate surface area is 105 Å². The van der Waals surface area contributed by atoms with Crippen molar-refractivity contribution in [2.24, 2.45) is 16.5 Å². The SMILES string of the molecule is CN=C(N)CCCNCCNCCNCCN. The second kappa shape index (κ2) is 13.4. The van der Waals surface area contributed by atoms with Crippen LogP contribution in [0.25, 0.3) is 0 Å². The van der Waals surface area contributed by atoms with Gasteiger partial charge in [0.25, 0.3) is 0 Å². The van der Waals surface area contributed by atoms with E-state index in [1.165, 1.54) is 0 Å². The maximum absolute atomic E-state index is 5.59. The standard InChI is InChI=1S/C11H28N6/c1-14-11(13)3-2-5-15-7-9-17-10-8-16-6-4-12/h15-17H,2-10,12H2,1H3,(H2,13,14). The van der Waals surface area contributed by atoms with E-state index in [1.807, 2.05) is 0 Å². The minimum atomic E-state index is 0.700. The third-order valence-electron chi connectivity index (χ3n) is 2.35. The second-order valence-electron chi connectivity index (χ2n) is 3.86. The van der Waals surface area contributed by atoms with Crippen molar-refractivity contribution in [1.29, 1.82) is 0 Å². The molecule has 0 aromatic heterocycles. The molecule has 0 aromatic carbocycles. The van der Waals surface area contributed by atoms with Crippen LogP contribution in [0.4, 0.5) is 0 Å². The molecule has 7 N–H and O–H groups in total. The zero-order valence-corrected chi connectivity index (χ0v) is 11.0. The van der Waals surface area contributed by atoms with Crippen LogP contribution in [0.2, 0.25) is 0 Å². The normalized spacial score (nSPS) is 12.0. The maximum atomic E-state index is 5.59. The van der Waals surface area contributed by atoms with Crippen molar-refractivity contribution in [2.75, 3.05) is 52.9 Å². The molecule has 0 atom stereocenters. The van der Waals surface area contributed by atoms with Crippen LogP contribution in [0, 0.1) is 0 Å². The quantitative estimate of drug-likeness (QED) is 0.163. The Morgan fingerprint density at radius 2 is 1.47 bits per heavy atom. The summed E-state index contributed by atoms with van der Waals surface area (Å²) >= 11 is 0. The summed E-state index contributed by atoms with van der Waals surface area (Å²) < 4.78 is 0. The number of nitrogens with two attached hydrogens (primary N) is 2. The molecule has 0 saturated heterocycles. The molecule has 0 aliphatic heterocycles. The molecule has 0 heterocycles. The molecule has 17 heavy (non-hydrogen) atoms. The van der Waals surface area contributed by atoms with Gasteiger partial charge in [0.05, 0.1) is 5.84 Å². The van der Waals surface area contributed by atoms with Crippen molar-refractivity contribution >= 4 is 5.84 Å². The molecule has 0 aromatic rings. The van der Waals surface area contributed by atoms with E-state index in [2.05, 4.69) is 20.9 Å². The van der Waals surface area contributed by atoms with Crippen LogP contribution in [-0.4, -0.2) is 58.7 Å². The van der Waals surface area contributed by atoms with Crippen molar-refractivity contribution in [1.82, 2.24) is 16.0 Å². The van der Waals surface area contributed by atoms with Crippen LogP contribution in [0.5, 0.6) is 0 Å². The number of rotatable bonds is 12. The summed E-state index contributed by atoms with van der Waals surface area (Å²) in [6, 6.07) is 0. The van der Waals surface area contributed by atoms with E-state index in [4.69, 9.17) is 11.5 Å². The third-order valence-corrected chi connectivity index (χ3v) is 2.35. The van der Waals surface area contributed by atoms with E-state index in [-0.39, 0.29) is 0 Å². The average molecular weight is 244 g/mol. The van der Waals surface area contributed by atoms with E-state index in [9.17, 15) is 0 Å². The Balaban J connectivity index is 2.99. The minimum absolute atomic E-state index is 0.700. The van der Waals surface area contributed by atoms with Crippen LogP contribution in [-0.2, 0) is 0 Å². The van der Waals surface area contributed by atoms with Crippen molar-refractivity contribution < 1.29 is 0 Å². The van der Waals surface area contributed by atoms with E-state index < -0.39 is 0 Å². The lowest BCUT2D eigenvalue weighted by atomic mass is 10.3. The zero-order valence-electron chi connectivity index (χ0n) is 11.0. The van der Waals surface area contributed by atoms with Gasteiger partial charge in [-0.15, -0.1) is 0 Å². The lowest BCUT2D eigenvalue weighted by Crippen LogP contribution is -2.34. The highest BCUT2D eigenvalue weighted by atomic mass is 15.0. The van der Waals surface area contributed by atoms with Crippen LogP contribution in [0.3, 0.4) is 0 Å². The summed E-state index contributed by atoms with van der Waals surface area (Å²) in [6.07, 6.45) is 1.92.